The normalized spacial score (nSPS) is 18.7. The lowest BCUT2D eigenvalue weighted by Crippen LogP contribution is -2.44. The lowest BCUT2D eigenvalue weighted by molar-refractivity contribution is -0.137. The zero-order valence-corrected chi connectivity index (χ0v) is 14.2. The van der Waals surface area contributed by atoms with Crippen LogP contribution in [0.15, 0.2) is 29.0 Å². The second kappa shape index (κ2) is 6.70. The molecule has 3 aromatic heterocycles. The van der Waals surface area contributed by atoms with Gasteiger partial charge in [0.1, 0.15) is 0 Å². The Morgan fingerprint density at radius 1 is 1.30 bits per heavy atom. The molecule has 0 saturated carbocycles. The van der Waals surface area contributed by atoms with Crippen LogP contribution in [0.5, 0.6) is 0 Å². The van der Waals surface area contributed by atoms with Gasteiger partial charge in [-0.15, -0.1) is 5.10 Å². The minimum absolute atomic E-state index is 0.0112. The molecule has 1 aliphatic rings. The van der Waals surface area contributed by atoms with Gasteiger partial charge in [0.2, 0.25) is 0 Å². The molecule has 142 valence electrons. The molecule has 1 fully saturated rings. The molecule has 1 atom stereocenters. The Kier molecular flexibility index (Phi) is 4.36. The van der Waals surface area contributed by atoms with Crippen LogP contribution in [-0.2, 0) is 6.18 Å². The number of halogens is 3. The number of hydrogen-bond acceptors (Lipinski definition) is 8. The van der Waals surface area contributed by atoms with Crippen LogP contribution in [0.2, 0.25) is 0 Å². The maximum atomic E-state index is 12.6. The largest absolute Gasteiger partial charge is 0.417 e. The van der Waals surface area contributed by atoms with Gasteiger partial charge in [-0.1, -0.05) is 10.4 Å². The van der Waals surface area contributed by atoms with Crippen LogP contribution in [0.1, 0.15) is 17.4 Å². The van der Waals surface area contributed by atoms with Gasteiger partial charge in [0.25, 0.3) is 5.89 Å². The molecule has 0 bridgehead atoms. The van der Waals surface area contributed by atoms with E-state index in [1.165, 1.54) is 16.9 Å². The quantitative estimate of drug-likeness (QED) is 0.726. The van der Waals surface area contributed by atoms with Gasteiger partial charge in [-0.2, -0.15) is 18.2 Å². The van der Waals surface area contributed by atoms with Crippen LogP contribution < -0.4 is 5.32 Å². The van der Waals surface area contributed by atoms with Crippen LogP contribution in [0.3, 0.4) is 0 Å². The van der Waals surface area contributed by atoms with Gasteiger partial charge in [0.15, 0.2) is 17.3 Å². The first-order chi connectivity index (χ1) is 12.9. The van der Waals surface area contributed by atoms with E-state index < -0.39 is 11.7 Å². The second-order valence-corrected chi connectivity index (χ2v) is 6.11. The smallest absolute Gasteiger partial charge is 0.332 e. The summed E-state index contributed by atoms with van der Waals surface area (Å²) < 4.78 is 44.4. The van der Waals surface area contributed by atoms with E-state index in [4.69, 9.17) is 4.52 Å². The maximum Gasteiger partial charge on any atom is 0.417 e. The first kappa shape index (κ1) is 17.5. The molecule has 0 amide bonds. The number of alkyl halides is 3. The lowest BCUT2D eigenvalue weighted by atomic mass is 10.2. The fraction of sp³-hybridized carbons (Fsp3) is 0.400. The molecule has 1 aliphatic heterocycles. The molecule has 12 heteroatoms. The van der Waals surface area contributed by atoms with E-state index in [-0.39, 0.29) is 17.8 Å². The Bertz CT molecular complexity index is 920. The van der Waals surface area contributed by atoms with Crippen molar-refractivity contribution in [3.05, 3.63) is 35.9 Å². The summed E-state index contributed by atoms with van der Waals surface area (Å²) in [5.74, 6) is 0.904. The predicted molar refractivity (Wildman–Crippen MR) is 85.7 cm³/mol. The van der Waals surface area contributed by atoms with Crippen molar-refractivity contribution >= 4 is 0 Å². The van der Waals surface area contributed by atoms with Gasteiger partial charge in [0, 0.05) is 25.8 Å². The average Bonchev–Trinajstić information content (AvgIpc) is 3.31. The van der Waals surface area contributed by atoms with Crippen LogP contribution in [0, 0.1) is 0 Å². The Hall–Kier alpha value is -2.86. The minimum Gasteiger partial charge on any atom is -0.332 e. The van der Waals surface area contributed by atoms with Crippen LogP contribution in [0.4, 0.5) is 13.2 Å². The summed E-state index contributed by atoms with van der Waals surface area (Å²) in [4.78, 5) is 10.3. The van der Waals surface area contributed by atoms with Crippen molar-refractivity contribution in [1.29, 1.82) is 0 Å². The molecule has 4 heterocycles. The zero-order valence-electron chi connectivity index (χ0n) is 14.2. The highest BCUT2D eigenvalue weighted by atomic mass is 19.4. The molecule has 4 rings (SSSR count). The highest BCUT2D eigenvalue weighted by Gasteiger charge is 2.31. The third-order valence-electron chi connectivity index (χ3n) is 4.27. The Morgan fingerprint density at radius 2 is 2.15 bits per heavy atom. The second-order valence-electron chi connectivity index (χ2n) is 6.11. The number of nitrogens with zero attached hydrogens (tertiary/aromatic N) is 7. The molecule has 0 aromatic carbocycles. The zero-order chi connectivity index (χ0) is 19.0. The van der Waals surface area contributed by atoms with Gasteiger partial charge < -0.3 is 9.84 Å². The molecule has 27 heavy (non-hydrogen) atoms. The number of likely N-dealkylation sites (N-methyl/N-ethyl adjacent to an activating group) is 1. The summed E-state index contributed by atoms with van der Waals surface area (Å²) in [5, 5.41) is 15.1. The van der Waals surface area contributed by atoms with E-state index in [0.29, 0.717) is 18.1 Å². The van der Waals surface area contributed by atoms with Crippen molar-refractivity contribution in [2.24, 2.45) is 0 Å². The van der Waals surface area contributed by atoms with Gasteiger partial charge in [-0.25, -0.2) is 9.67 Å². The summed E-state index contributed by atoms with van der Waals surface area (Å²) in [6, 6.07) is 2.13. The van der Waals surface area contributed by atoms with E-state index in [9.17, 15) is 13.2 Å². The number of rotatable bonds is 3. The van der Waals surface area contributed by atoms with Crippen LogP contribution in [0.25, 0.3) is 17.4 Å². The summed E-state index contributed by atoms with van der Waals surface area (Å²) in [5.41, 5.74) is -0.528. The third-order valence-corrected chi connectivity index (χ3v) is 4.27. The Morgan fingerprint density at radius 3 is 2.85 bits per heavy atom. The van der Waals surface area contributed by atoms with E-state index >= 15 is 0 Å². The number of nitrogens with one attached hydrogen (secondary N) is 1. The fourth-order valence-corrected chi connectivity index (χ4v) is 2.73. The van der Waals surface area contributed by atoms with Crippen molar-refractivity contribution in [3.63, 3.8) is 0 Å². The molecular formula is C15H15F3N8O. The SMILES string of the molecule is CN1CCNCC1c1noc(-c2cn(-c3ccc(C(F)(F)F)cn3)nn2)n1. The standard InChI is InChI=1S/C15H15F3N8O/c1-25-5-4-19-7-11(25)13-21-14(27-23-13)10-8-26(24-22-10)12-3-2-9(6-20-12)15(16,17)18/h2-3,6,8,11,19H,4-5,7H2,1H3. The summed E-state index contributed by atoms with van der Waals surface area (Å²) in [7, 11) is 1.98. The molecular weight excluding hydrogens is 365 g/mol. The molecule has 0 spiro atoms. The molecule has 1 unspecified atom stereocenters. The maximum absolute atomic E-state index is 12.6. The highest BCUT2D eigenvalue weighted by Crippen LogP contribution is 2.28. The Balaban J connectivity index is 1.54. The molecule has 0 radical (unpaired) electrons. The molecule has 9 nitrogen and oxygen atoms in total. The highest BCUT2D eigenvalue weighted by molar-refractivity contribution is 5.45. The van der Waals surface area contributed by atoms with Crippen molar-refractivity contribution in [3.8, 4) is 17.4 Å². The van der Waals surface area contributed by atoms with E-state index in [1.54, 1.807) is 0 Å². The van der Waals surface area contributed by atoms with Crippen LogP contribution in [-0.4, -0.2) is 61.7 Å². The van der Waals surface area contributed by atoms with Crippen molar-refractivity contribution in [1.82, 2.24) is 40.3 Å². The van der Waals surface area contributed by atoms with Gasteiger partial charge in [0.05, 0.1) is 17.8 Å². The monoisotopic (exact) mass is 380 g/mol. The average molecular weight is 380 g/mol. The molecule has 1 saturated heterocycles. The summed E-state index contributed by atoms with van der Waals surface area (Å²) in [6.07, 6.45) is -2.23. The first-order valence-electron chi connectivity index (χ1n) is 8.13. The van der Waals surface area contributed by atoms with Gasteiger partial charge >= 0.3 is 6.18 Å². The topological polar surface area (TPSA) is 97.8 Å². The van der Waals surface area contributed by atoms with E-state index in [1.807, 2.05) is 7.05 Å². The number of pyridine rings is 1. The molecule has 1 N–H and O–H groups in total. The lowest BCUT2D eigenvalue weighted by Gasteiger charge is -2.30. The summed E-state index contributed by atoms with van der Waals surface area (Å²) >= 11 is 0. The van der Waals surface area contributed by atoms with E-state index in [2.05, 4.69) is 35.7 Å². The number of aromatic nitrogens is 6. The van der Waals surface area contributed by atoms with Gasteiger partial charge in [-0.3, -0.25) is 4.90 Å². The van der Waals surface area contributed by atoms with Crippen molar-refractivity contribution in [2.75, 3.05) is 26.7 Å². The van der Waals surface area contributed by atoms with Crippen molar-refractivity contribution < 1.29 is 17.7 Å². The number of hydrogen-bond donors (Lipinski definition) is 1. The summed E-state index contributed by atoms with van der Waals surface area (Å²) in [6.45, 7) is 2.47. The first-order valence-corrected chi connectivity index (χ1v) is 8.13. The van der Waals surface area contributed by atoms with Gasteiger partial charge in [-0.05, 0) is 19.2 Å². The van der Waals surface area contributed by atoms with Crippen molar-refractivity contribution in [2.45, 2.75) is 12.2 Å². The third kappa shape index (κ3) is 3.53. The minimum atomic E-state index is -4.44. The number of piperazine rings is 1. The predicted octanol–water partition coefficient (Wildman–Crippen LogP) is 1.31. The Labute approximate surface area is 151 Å². The fourth-order valence-electron chi connectivity index (χ4n) is 2.73. The van der Waals surface area contributed by atoms with E-state index in [0.717, 1.165) is 25.4 Å². The van der Waals surface area contributed by atoms with Crippen LogP contribution >= 0.6 is 0 Å². The molecule has 0 aliphatic carbocycles. The molecule has 3 aromatic rings.